The van der Waals surface area contributed by atoms with Crippen LogP contribution in [0.25, 0.3) is 110 Å². The molecule has 0 fully saturated rings. The number of hydrogen-bond donors (Lipinski definition) is 0. The topological polar surface area (TPSA) is 51.6 Å². The quantitative estimate of drug-likeness (QED) is 0.154. The van der Waals surface area contributed by atoms with Crippen molar-refractivity contribution in [2.75, 3.05) is 0 Å². The molecule has 0 bridgehead atoms. The van der Waals surface area contributed by atoms with E-state index >= 15 is 0 Å². The normalized spacial score (nSPS) is 11.3. The van der Waals surface area contributed by atoms with Crippen molar-refractivity contribution in [3.63, 3.8) is 0 Å². The van der Waals surface area contributed by atoms with Crippen LogP contribution in [0.5, 0.6) is 0 Å². The second-order valence-corrected chi connectivity index (χ2v) is 16.2. The summed E-state index contributed by atoms with van der Waals surface area (Å²) in [6.07, 6.45) is 0. The molecule has 8 aromatic carbocycles. The number of thiophene rings is 1. The van der Waals surface area contributed by atoms with Gasteiger partial charge in [0.1, 0.15) is 0 Å². The van der Waals surface area contributed by atoms with Gasteiger partial charge in [0.2, 0.25) is 0 Å². The molecule has 286 valence electrons. The average Bonchev–Trinajstić information content (AvgIpc) is 3.72. The summed E-state index contributed by atoms with van der Waals surface area (Å²) >= 11 is 1.84. The summed E-state index contributed by atoms with van der Waals surface area (Å²) < 4.78 is 2.53. The van der Waals surface area contributed by atoms with E-state index in [1.165, 1.54) is 31.3 Å². The Morgan fingerprint density at radius 2 is 0.574 bits per heavy atom. The third kappa shape index (κ3) is 7.28. The molecule has 0 saturated heterocycles. The summed E-state index contributed by atoms with van der Waals surface area (Å²) in [6, 6.07) is 76.3. The van der Waals surface area contributed by atoms with Crippen LogP contribution in [0.15, 0.2) is 218 Å². The van der Waals surface area contributed by atoms with Crippen molar-refractivity contribution in [1.82, 2.24) is 19.9 Å². The van der Waals surface area contributed by atoms with Crippen molar-refractivity contribution in [1.29, 1.82) is 0 Å². The van der Waals surface area contributed by atoms with E-state index < -0.39 is 0 Å². The first-order chi connectivity index (χ1) is 30.2. The van der Waals surface area contributed by atoms with Crippen molar-refractivity contribution in [3.8, 4) is 90.1 Å². The van der Waals surface area contributed by atoms with Crippen molar-refractivity contribution >= 4 is 31.5 Å². The number of fused-ring (bicyclic) bond motifs is 3. The predicted molar refractivity (Wildman–Crippen MR) is 254 cm³/mol. The van der Waals surface area contributed by atoms with Gasteiger partial charge in [-0.3, -0.25) is 0 Å². The fraction of sp³-hybridized carbons (Fsp3) is 0. The lowest BCUT2D eigenvalue weighted by Crippen LogP contribution is -1.95. The van der Waals surface area contributed by atoms with Crippen LogP contribution in [0, 0.1) is 0 Å². The molecule has 0 atom stereocenters. The van der Waals surface area contributed by atoms with Crippen LogP contribution in [0.2, 0.25) is 0 Å². The summed E-state index contributed by atoms with van der Waals surface area (Å²) in [5.41, 5.74) is 14.5. The summed E-state index contributed by atoms with van der Waals surface area (Å²) in [5.74, 6) is 1.42. The predicted octanol–water partition coefficient (Wildman–Crippen LogP) is 15.0. The fourth-order valence-corrected chi connectivity index (χ4v) is 9.07. The van der Waals surface area contributed by atoms with Crippen LogP contribution in [0.3, 0.4) is 0 Å². The van der Waals surface area contributed by atoms with Gasteiger partial charge in [0.25, 0.3) is 0 Å². The van der Waals surface area contributed by atoms with Crippen molar-refractivity contribution < 1.29 is 0 Å². The second-order valence-electron chi connectivity index (χ2n) is 15.1. The number of rotatable bonds is 8. The van der Waals surface area contributed by atoms with Gasteiger partial charge >= 0.3 is 0 Å². The number of aromatic nitrogens is 4. The molecule has 0 aliphatic heterocycles. The largest absolute Gasteiger partial charge is 0.228 e. The average molecular weight is 797 g/mol. The van der Waals surface area contributed by atoms with Gasteiger partial charge in [-0.15, -0.1) is 11.3 Å². The third-order valence-electron chi connectivity index (χ3n) is 11.2. The van der Waals surface area contributed by atoms with Crippen molar-refractivity contribution in [2.45, 2.75) is 0 Å². The monoisotopic (exact) mass is 796 g/mol. The Kier molecular flexibility index (Phi) is 9.34. The SMILES string of the molecule is c1ccc(-c2cc(-c3ccccc3)nc(-c3ccc(-c4ccc5c(c4)sc4ccc(-c6ccc(-c7nc(-c8ccccc8)cc(-c8ccccc8)n7)cc6)cc45)cc3)n2)cc1. The highest BCUT2D eigenvalue weighted by Gasteiger charge is 2.14. The maximum absolute atomic E-state index is 5.03. The zero-order chi connectivity index (χ0) is 40.5. The van der Waals surface area contributed by atoms with E-state index in [2.05, 4.69) is 146 Å². The number of nitrogens with zero attached hydrogens (tertiary/aromatic N) is 4. The van der Waals surface area contributed by atoms with E-state index in [4.69, 9.17) is 19.9 Å². The Bertz CT molecular complexity index is 3200. The fourth-order valence-electron chi connectivity index (χ4n) is 7.94. The highest BCUT2D eigenvalue weighted by molar-refractivity contribution is 7.25. The highest BCUT2D eigenvalue weighted by Crippen LogP contribution is 2.39. The van der Waals surface area contributed by atoms with Crippen LogP contribution < -0.4 is 0 Å². The maximum atomic E-state index is 5.03. The second kappa shape index (κ2) is 15.7. The van der Waals surface area contributed by atoms with E-state index in [9.17, 15) is 0 Å². The van der Waals surface area contributed by atoms with Crippen LogP contribution in [-0.2, 0) is 0 Å². The van der Waals surface area contributed by atoms with E-state index in [-0.39, 0.29) is 0 Å². The molecule has 0 radical (unpaired) electrons. The molecule has 0 aliphatic rings. The molecule has 3 heterocycles. The van der Waals surface area contributed by atoms with Crippen molar-refractivity contribution in [3.05, 3.63) is 218 Å². The van der Waals surface area contributed by atoms with Gasteiger partial charge < -0.3 is 0 Å². The van der Waals surface area contributed by atoms with Crippen LogP contribution in [0.1, 0.15) is 0 Å². The van der Waals surface area contributed by atoms with E-state index in [1.807, 2.05) is 84.1 Å². The lowest BCUT2D eigenvalue weighted by Gasteiger charge is -2.10. The molecular weight excluding hydrogens is 761 g/mol. The van der Waals surface area contributed by atoms with E-state index in [1.54, 1.807) is 0 Å². The van der Waals surface area contributed by atoms with Gasteiger partial charge in [-0.1, -0.05) is 188 Å². The molecule has 0 saturated carbocycles. The molecule has 11 aromatic rings. The number of benzene rings is 8. The Balaban J connectivity index is 0.880. The Hall–Kier alpha value is -7.86. The third-order valence-corrected chi connectivity index (χ3v) is 12.3. The van der Waals surface area contributed by atoms with Crippen LogP contribution >= 0.6 is 11.3 Å². The minimum absolute atomic E-state index is 0.708. The molecule has 4 nitrogen and oxygen atoms in total. The number of hydrogen-bond acceptors (Lipinski definition) is 5. The summed E-state index contributed by atoms with van der Waals surface area (Å²) in [7, 11) is 0. The summed E-state index contributed by atoms with van der Waals surface area (Å²) in [5, 5.41) is 2.53. The van der Waals surface area contributed by atoms with Gasteiger partial charge in [-0.2, -0.15) is 0 Å². The van der Waals surface area contributed by atoms with Gasteiger partial charge in [-0.25, -0.2) is 19.9 Å². The zero-order valence-electron chi connectivity index (χ0n) is 33.0. The van der Waals surface area contributed by atoms with Gasteiger partial charge in [0, 0.05) is 53.6 Å². The lowest BCUT2D eigenvalue weighted by molar-refractivity contribution is 1.18. The maximum Gasteiger partial charge on any atom is 0.160 e. The van der Waals surface area contributed by atoms with E-state index in [0.717, 1.165) is 67.3 Å². The van der Waals surface area contributed by atoms with E-state index in [0.29, 0.717) is 11.6 Å². The molecule has 61 heavy (non-hydrogen) atoms. The molecule has 3 aromatic heterocycles. The Labute approximate surface area is 358 Å². The zero-order valence-corrected chi connectivity index (χ0v) is 33.8. The minimum atomic E-state index is 0.708. The van der Waals surface area contributed by atoms with Crippen LogP contribution in [0.4, 0.5) is 0 Å². The first-order valence-corrected chi connectivity index (χ1v) is 21.2. The molecule has 0 N–H and O–H groups in total. The molecular formula is C56H36N4S. The first kappa shape index (κ1) is 36.2. The standard InChI is InChI=1S/C56H36N4S/c1-5-13-39(14-6-1)49-35-50(40-15-7-2-8-16-40)58-55(57-49)43-25-21-37(22-26-43)45-30-32-53-48(33-45)47-31-29-46(34-54(47)61-53)38-23-27-44(28-24-38)56-59-51(41-17-9-3-10-18-41)36-52(60-56)42-19-11-4-12-20-42/h1-36H. The Morgan fingerprint density at radius 3 is 0.984 bits per heavy atom. The molecule has 0 amide bonds. The summed E-state index contributed by atoms with van der Waals surface area (Å²) in [6.45, 7) is 0. The minimum Gasteiger partial charge on any atom is -0.228 e. The highest BCUT2D eigenvalue weighted by atomic mass is 32.1. The lowest BCUT2D eigenvalue weighted by atomic mass is 9.99. The van der Waals surface area contributed by atoms with Crippen LogP contribution in [-0.4, -0.2) is 19.9 Å². The summed E-state index contributed by atoms with van der Waals surface area (Å²) in [4.78, 5) is 20.1. The van der Waals surface area contributed by atoms with Gasteiger partial charge in [0.05, 0.1) is 22.8 Å². The molecule has 11 rings (SSSR count). The molecule has 0 spiro atoms. The molecule has 0 aliphatic carbocycles. The Morgan fingerprint density at radius 1 is 0.230 bits per heavy atom. The van der Waals surface area contributed by atoms with Gasteiger partial charge in [-0.05, 0) is 52.6 Å². The smallest absolute Gasteiger partial charge is 0.160 e. The van der Waals surface area contributed by atoms with Crippen molar-refractivity contribution in [2.24, 2.45) is 0 Å². The molecule has 0 unspecified atom stereocenters. The van der Waals surface area contributed by atoms with Gasteiger partial charge in [0.15, 0.2) is 11.6 Å². The first-order valence-electron chi connectivity index (χ1n) is 20.4. The molecule has 5 heteroatoms.